The number of rotatable bonds is 6. The number of amides is 1. The second kappa shape index (κ2) is 9.61. The molecule has 1 atom stereocenters. The highest BCUT2D eigenvalue weighted by Crippen LogP contribution is 2.43. The van der Waals surface area contributed by atoms with Crippen LogP contribution >= 0.6 is 11.6 Å². The summed E-state index contributed by atoms with van der Waals surface area (Å²) in [6, 6.07) is 17.5. The molecule has 174 valence electrons. The number of halogens is 1. The zero-order valence-electron chi connectivity index (χ0n) is 18.8. The molecule has 4 rings (SSSR count). The zero-order chi connectivity index (χ0) is 24.4. The number of ketones is 1. The van der Waals surface area contributed by atoms with Crippen LogP contribution in [0.1, 0.15) is 36.6 Å². The van der Waals surface area contributed by atoms with Gasteiger partial charge in [0.1, 0.15) is 17.3 Å². The van der Waals surface area contributed by atoms with Crippen molar-refractivity contribution in [2.24, 2.45) is 0 Å². The summed E-state index contributed by atoms with van der Waals surface area (Å²) in [6.45, 7) is 4.39. The minimum Gasteiger partial charge on any atom is -0.507 e. The van der Waals surface area contributed by atoms with Gasteiger partial charge in [-0.25, -0.2) is 0 Å². The molecule has 0 spiro atoms. The smallest absolute Gasteiger partial charge is 0.300 e. The van der Waals surface area contributed by atoms with Crippen LogP contribution < -0.4 is 9.64 Å². The Balaban J connectivity index is 1.89. The van der Waals surface area contributed by atoms with Crippen LogP contribution in [0, 0.1) is 0 Å². The Morgan fingerprint density at radius 2 is 1.68 bits per heavy atom. The van der Waals surface area contributed by atoms with Gasteiger partial charge in [0.15, 0.2) is 0 Å². The summed E-state index contributed by atoms with van der Waals surface area (Å²) in [5, 5.41) is 21.2. The van der Waals surface area contributed by atoms with E-state index in [2.05, 4.69) is 0 Å². The van der Waals surface area contributed by atoms with Crippen molar-refractivity contribution in [3.8, 4) is 11.5 Å². The SMILES string of the molecule is CCOc1ccc(/C(O)=C2/C(=O)C(=O)N(c3ccc(CC)cc3)C2c2ccc(O)c(Cl)c2)cc1. The number of aliphatic hydroxyl groups excluding tert-OH is 1. The molecule has 1 amide bonds. The van der Waals surface area contributed by atoms with E-state index in [0.29, 0.717) is 29.2 Å². The van der Waals surface area contributed by atoms with Crippen molar-refractivity contribution in [2.75, 3.05) is 11.5 Å². The maximum atomic E-state index is 13.2. The van der Waals surface area contributed by atoms with Crippen LogP contribution in [0.2, 0.25) is 5.02 Å². The molecule has 0 bridgehead atoms. The quantitative estimate of drug-likeness (QED) is 0.273. The third-order valence-corrected chi connectivity index (χ3v) is 6.10. The summed E-state index contributed by atoms with van der Waals surface area (Å²) >= 11 is 6.16. The number of carbonyl (C=O) groups excluding carboxylic acids is 2. The molecular formula is C27H24ClNO5. The van der Waals surface area contributed by atoms with Crippen molar-refractivity contribution in [1.82, 2.24) is 0 Å². The molecule has 0 radical (unpaired) electrons. The molecule has 0 aliphatic carbocycles. The summed E-state index contributed by atoms with van der Waals surface area (Å²) in [6.07, 6.45) is 0.827. The van der Waals surface area contributed by atoms with E-state index in [1.807, 2.05) is 26.0 Å². The number of ether oxygens (including phenoxy) is 1. The van der Waals surface area contributed by atoms with Gasteiger partial charge in [-0.1, -0.05) is 36.7 Å². The predicted molar refractivity (Wildman–Crippen MR) is 131 cm³/mol. The monoisotopic (exact) mass is 477 g/mol. The van der Waals surface area contributed by atoms with E-state index >= 15 is 0 Å². The average Bonchev–Trinajstić information content (AvgIpc) is 3.11. The van der Waals surface area contributed by atoms with Gasteiger partial charge in [-0.15, -0.1) is 0 Å². The number of hydrogen-bond acceptors (Lipinski definition) is 5. The molecule has 7 heteroatoms. The molecule has 1 aliphatic rings. The molecule has 1 saturated heterocycles. The fraction of sp³-hybridized carbons (Fsp3) is 0.185. The predicted octanol–water partition coefficient (Wildman–Crippen LogP) is 5.63. The van der Waals surface area contributed by atoms with Crippen LogP contribution in [0.3, 0.4) is 0 Å². The third kappa shape index (κ3) is 4.24. The Bertz CT molecular complexity index is 1270. The van der Waals surface area contributed by atoms with Gasteiger partial charge in [0.25, 0.3) is 11.7 Å². The maximum Gasteiger partial charge on any atom is 0.300 e. The summed E-state index contributed by atoms with van der Waals surface area (Å²) in [5.41, 5.74) is 2.39. The van der Waals surface area contributed by atoms with Crippen molar-refractivity contribution >= 4 is 34.7 Å². The number of aryl methyl sites for hydroxylation is 1. The Hall–Kier alpha value is -3.77. The first-order valence-corrected chi connectivity index (χ1v) is 11.3. The van der Waals surface area contributed by atoms with Crippen LogP contribution in [0.15, 0.2) is 72.3 Å². The number of phenolic OH excluding ortho intramolecular Hbond substituents is 1. The topological polar surface area (TPSA) is 87.1 Å². The number of carbonyl (C=O) groups is 2. The minimum absolute atomic E-state index is 0.0597. The van der Waals surface area contributed by atoms with Gasteiger partial charge in [-0.3, -0.25) is 14.5 Å². The second-order valence-electron chi connectivity index (χ2n) is 7.86. The molecule has 3 aromatic rings. The van der Waals surface area contributed by atoms with Crippen molar-refractivity contribution in [1.29, 1.82) is 0 Å². The Morgan fingerprint density at radius 3 is 2.26 bits per heavy atom. The largest absolute Gasteiger partial charge is 0.507 e. The second-order valence-corrected chi connectivity index (χ2v) is 8.26. The maximum absolute atomic E-state index is 13.2. The summed E-state index contributed by atoms with van der Waals surface area (Å²) < 4.78 is 5.45. The van der Waals surface area contributed by atoms with Crippen LogP contribution in [0.4, 0.5) is 5.69 Å². The first kappa shape index (κ1) is 23.4. The number of hydrogen-bond donors (Lipinski definition) is 2. The summed E-state index contributed by atoms with van der Waals surface area (Å²) in [5.74, 6) is -1.37. The van der Waals surface area contributed by atoms with Gasteiger partial charge >= 0.3 is 0 Å². The van der Waals surface area contributed by atoms with E-state index < -0.39 is 17.7 Å². The number of aromatic hydroxyl groups is 1. The normalized spacial score (nSPS) is 17.3. The van der Waals surface area contributed by atoms with Crippen molar-refractivity contribution in [3.63, 3.8) is 0 Å². The minimum atomic E-state index is -0.933. The Morgan fingerprint density at radius 1 is 1.00 bits per heavy atom. The van der Waals surface area contributed by atoms with Gasteiger partial charge < -0.3 is 14.9 Å². The first-order chi connectivity index (χ1) is 16.3. The zero-order valence-corrected chi connectivity index (χ0v) is 19.5. The van der Waals surface area contributed by atoms with E-state index in [-0.39, 0.29) is 22.1 Å². The van der Waals surface area contributed by atoms with Gasteiger partial charge in [0.05, 0.1) is 23.2 Å². The van der Waals surface area contributed by atoms with E-state index in [1.165, 1.54) is 17.0 Å². The molecule has 0 saturated carbocycles. The van der Waals surface area contributed by atoms with Crippen LogP contribution in [0.5, 0.6) is 11.5 Å². The molecule has 1 heterocycles. The van der Waals surface area contributed by atoms with Crippen LogP contribution in [-0.4, -0.2) is 28.5 Å². The Labute approximate surface area is 202 Å². The number of aliphatic hydroxyl groups is 1. The fourth-order valence-electron chi connectivity index (χ4n) is 4.03. The number of anilines is 1. The lowest BCUT2D eigenvalue weighted by Crippen LogP contribution is -2.29. The van der Waals surface area contributed by atoms with E-state index in [1.54, 1.807) is 42.5 Å². The molecule has 34 heavy (non-hydrogen) atoms. The van der Waals surface area contributed by atoms with Crippen LogP contribution in [-0.2, 0) is 16.0 Å². The van der Waals surface area contributed by atoms with E-state index in [4.69, 9.17) is 16.3 Å². The van der Waals surface area contributed by atoms with E-state index in [9.17, 15) is 19.8 Å². The average molecular weight is 478 g/mol. The molecule has 6 nitrogen and oxygen atoms in total. The highest BCUT2D eigenvalue weighted by molar-refractivity contribution is 6.51. The first-order valence-electron chi connectivity index (χ1n) is 11.0. The molecular weight excluding hydrogens is 454 g/mol. The fourth-order valence-corrected chi connectivity index (χ4v) is 4.22. The van der Waals surface area contributed by atoms with E-state index in [0.717, 1.165) is 12.0 Å². The van der Waals surface area contributed by atoms with Gasteiger partial charge in [-0.05, 0) is 73.0 Å². The molecule has 1 unspecified atom stereocenters. The molecule has 0 aromatic heterocycles. The lowest BCUT2D eigenvalue weighted by Gasteiger charge is -2.26. The standard InChI is InChI=1S/C27H24ClNO5/c1-3-16-5-10-19(11-6-16)29-24(18-9-14-22(30)21(28)15-18)23(26(32)27(29)33)25(31)17-7-12-20(13-8-17)34-4-2/h5-15,24,30-31H,3-4H2,1-2H3/b25-23-. The van der Waals surface area contributed by atoms with Gasteiger partial charge in [0, 0.05) is 11.3 Å². The lowest BCUT2D eigenvalue weighted by molar-refractivity contribution is -0.132. The number of Topliss-reactive ketones (excluding diaryl/α,β-unsaturated/α-hetero) is 1. The Kier molecular flexibility index (Phi) is 6.61. The van der Waals surface area contributed by atoms with Crippen molar-refractivity contribution < 1.29 is 24.5 Å². The highest BCUT2D eigenvalue weighted by atomic mass is 35.5. The van der Waals surface area contributed by atoms with Crippen molar-refractivity contribution in [2.45, 2.75) is 26.3 Å². The third-order valence-electron chi connectivity index (χ3n) is 5.79. The summed E-state index contributed by atoms with van der Waals surface area (Å²) in [7, 11) is 0. The van der Waals surface area contributed by atoms with Gasteiger partial charge in [-0.2, -0.15) is 0 Å². The summed E-state index contributed by atoms with van der Waals surface area (Å²) in [4.78, 5) is 27.8. The highest BCUT2D eigenvalue weighted by Gasteiger charge is 2.47. The molecule has 1 fully saturated rings. The molecule has 1 aliphatic heterocycles. The lowest BCUT2D eigenvalue weighted by atomic mass is 9.95. The number of phenols is 1. The number of nitrogens with zero attached hydrogens (tertiary/aromatic N) is 1. The van der Waals surface area contributed by atoms with Gasteiger partial charge in [0.2, 0.25) is 0 Å². The number of benzene rings is 3. The van der Waals surface area contributed by atoms with Crippen LogP contribution in [0.25, 0.3) is 5.76 Å². The molecule has 3 aromatic carbocycles. The van der Waals surface area contributed by atoms with Crippen molar-refractivity contribution in [3.05, 3.63) is 94.0 Å². The molecule has 2 N–H and O–H groups in total.